The number of carboxylic acid groups (broad SMARTS) is 1. The summed E-state index contributed by atoms with van der Waals surface area (Å²) < 4.78 is 0. The first-order chi connectivity index (χ1) is 10.7. The Morgan fingerprint density at radius 2 is 2.23 bits per heavy atom. The summed E-state index contributed by atoms with van der Waals surface area (Å²) in [5.41, 5.74) is 2.87. The molecule has 22 heavy (non-hydrogen) atoms. The molecule has 0 bridgehead atoms. The first-order valence-electron chi connectivity index (χ1n) is 7.58. The molecule has 1 saturated heterocycles. The molecule has 0 saturated carbocycles. The molecule has 5 nitrogen and oxygen atoms in total. The molecule has 0 amide bonds. The summed E-state index contributed by atoms with van der Waals surface area (Å²) in [6.45, 7) is 2.14. The predicted molar refractivity (Wildman–Crippen MR) is 83.7 cm³/mol. The van der Waals surface area contributed by atoms with Gasteiger partial charge in [0.05, 0.1) is 11.3 Å². The lowest BCUT2D eigenvalue weighted by Gasteiger charge is -2.22. The molecule has 0 spiro atoms. The van der Waals surface area contributed by atoms with Gasteiger partial charge in [0.2, 0.25) is 0 Å². The number of rotatable bonds is 4. The van der Waals surface area contributed by atoms with E-state index in [1.54, 1.807) is 24.5 Å². The van der Waals surface area contributed by atoms with E-state index in [2.05, 4.69) is 15.3 Å². The Morgan fingerprint density at radius 1 is 1.32 bits per heavy atom. The normalized spacial score (nSPS) is 18.1. The van der Waals surface area contributed by atoms with Crippen LogP contribution in [0.4, 0.5) is 0 Å². The predicted octanol–water partition coefficient (Wildman–Crippen LogP) is 2.38. The molecular weight excluding hydrogens is 278 g/mol. The lowest BCUT2D eigenvalue weighted by atomic mass is 9.94. The highest BCUT2D eigenvalue weighted by Gasteiger charge is 2.15. The summed E-state index contributed by atoms with van der Waals surface area (Å²) in [7, 11) is 0. The maximum Gasteiger partial charge on any atom is 0.335 e. The highest BCUT2D eigenvalue weighted by molar-refractivity contribution is 5.89. The molecule has 1 fully saturated rings. The average molecular weight is 297 g/mol. The second kappa shape index (κ2) is 6.66. The highest BCUT2D eigenvalue weighted by Crippen LogP contribution is 2.21. The van der Waals surface area contributed by atoms with Crippen molar-refractivity contribution in [2.45, 2.75) is 19.3 Å². The van der Waals surface area contributed by atoms with E-state index in [1.165, 1.54) is 12.8 Å². The van der Waals surface area contributed by atoms with Gasteiger partial charge in [-0.3, -0.25) is 0 Å². The highest BCUT2D eigenvalue weighted by atomic mass is 16.4. The molecule has 2 N–H and O–H groups in total. The number of hydrogen-bond acceptors (Lipinski definition) is 4. The molecule has 114 valence electrons. The summed E-state index contributed by atoms with van der Waals surface area (Å²) in [6.07, 6.45) is 4.93. The number of nitrogens with one attached hydrogen (secondary N) is 1. The van der Waals surface area contributed by atoms with Crippen LogP contribution in [-0.4, -0.2) is 34.1 Å². The fourth-order valence-electron chi connectivity index (χ4n) is 2.87. The van der Waals surface area contributed by atoms with Gasteiger partial charge < -0.3 is 10.4 Å². The number of aromatic carboxylic acids is 1. The van der Waals surface area contributed by atoms with Crippen molar-refractivity contribution in [3.63, 3.8) is 0 Å². The zero-order valence-corrected chi connectivity index (χ0v) is 12.3. The third kappa shape index (κ3) is 3.49. The Morgan fingerprint density at radius 3 is 3.00 bits per heavy atom. The summed E-state index contributed by atoms with van der Waals surface area (Å²) in [5, 5.41) is 12.5. The van der Waals surface area contributed by atoms with Gasteiger partial charge in [0.1, 0.15) is 6.33 Å². The Hall–Kier alpha value is -2.27. The standard InChI is InChI=1S/C17H19N3O2/c21-17(22)14-5-1-4-13(8-14)16-9-15(19-11-20-16)7-12-3-2-6-18-10-12/h1,4-5,8-9,11-12,18H,2-3,6-7,10H2,(H,21,22)/t12-/m1/s1. The van der Waals surface area contributed by atoms with Crippen molar-refractivity contribution >= 4 is 5.97 Å². The second-order valence-electron chi connectivity index (χ2n) is 5.70. The number of benzene rings is 1. The summed E-state index contributed by atoms with van der Waals surface area (Å²) in [4.78, 5) is 19.7. The monoisotopic (exact) mass is 297 g/mol. The minimum Gasteiger partial charge on any atom is -0.478 e. The van der Waals surface area contributed by atoms with Crippen LogP contribution in [0.2, 0.25) is 0 Å². The van der Waals surface area contributed by atoms with Gasteiger partial charge in [0, 0.05) is 11.3 Å². The molecule has 1 aliphatic rings. The maximum absolute atomic E-state index is 11.1. The van der Waals surface area contributed by atoms with E-state index in [-0.39, 0.29) is 5.56 Å². The largest absolute Gasteiger partial charge is 0.478 e. The average Bonchev–Trinajstić information content (AvgIpc) is 2.56. The first kappa shape index (κ1) is 14.7. The van der Waals surface area contributed by atoms with Gasteiger partial charge in [-0.1, -0.05) is 12.1 Å². The van der Waals surface area contributed by atoms with Gasteiger partial charge in [-0.2, -0.15) is 0 Å². The third-order valence-electron chi connectivity index (χ3n) is 4.03. The molecule has 0 aliphatic carbocycles. The molecule has 2 aromatic rings. The van der Waals surface area contributed by atoms with Crippen LogP contribution in [0.25, 0.3) is 11.3 Å². The molecule has 0 radical (unpaired) electrons. The van der Waals surface area contributed by atoms with Crippen LogP contribution in [0.1, 0.15) is 28.9 Å². The van der Waals surface area contributed by atoms with Crippen LogP contribution in [0, 0.1) is 5.92 Å². The van der Waals surface area contributed by atoms with Crippen LogP contribution in [0.15, 0.2) is 36.7 Å². The van der Waals surface area contributed by atoms with Gasteiger partial charge >= 0.3 is 5.97 Å². The van der Waals surface area contributed by atoms with Crippen molar-refractivity contribution in [3.05, 3.63) is 47.9 Å². The van der Waals surface area contributed by atoms with Gasteiger partial charge in [0.15, 0.2) is 0 Å². The molecule has 5 heteroatoms. The molecular formula is C17H19N3O2. The zero-order chi connectivity index (χ0) is 15.4. The van der Waals surface area contributed by atoms with E-state index in [4.69, 9.17) is 5.11 Å². The van der Waals surface area contributed by atoms with Crippen LogP contribution in [0.3, 0.4) is 0 Å². The Bertz CT molecular complexity index is 666. The summed E-state index contributed by atoms with van der Waals surface area (Å²) >= 11 is 0. The van der Waals surface area contributed by atoms with Crippen molar-refractivity contribution in [2.24, 2.45) is 5.92 Å². The summed E-state index contributed by atoms with van der Waals surface area (Å²) in [5.74, 6) is -0.314. The van der Waals surface area contributed by atoms with Crippen LogP contribution in [0.5, 0.6) is 0 Å². The lowest BCUT2D eigenvalue weighted by Crippen LogP contribution is -2.31. The number of carbonyl (C=O) groups is 1. The Kier molecular flexibility index (Phi) is 4.44. The minimum atomic E-state index is -0.926. The molecule has 1 atom stereocenters. The van der Waals surface area contributed by atoms with Gasteiger partial charge in [-0.05, 0) is 56.5 Å². The maximum atomic E-state index is 11.1. The van der Waals surface area contributed by atoms with Crippen molar-refractivity contribution in [2.75, 3.05) is 13.1 Å². The topological polar surface area (TPSA) is 75.1 Å². The van der Waals surface area contributed by atoms with E-state index >= 15 is 0 Å². The first-order valence-corrected chi connectivity index (χ1v) is 7.58. The Labute approximate surface area is 129 Å². The van der Waals surface area contributed by atoms with Gasteiger partial charge in [-0.15, -0.1) is 0 Å². The van der Waals surface area contributed by atoms with Gasteiger partial charge in [-0.25, -0.2) is 14.8 Å². The fraction of sp³-hybridized carbons (Fsp3) is 0.353. The van der Waals surface area contributed by atoms with E-state index in [0.717, 1.165) is 36.5 Å². The molecule has 0 unspecified atom stereocenters. The number of aromatic nitrogens is 2. The number of nitrogens with zero attached hydrogens (tertiary/aromatic N) is 2. The van der Waals surface area contributed by atoms with Crippen molar-refractivity contribution in [3.8, 4) is 11.3 Å². The lowest BCUT2D eigenvalue weighted by molar-refractivity contribution is 0.0697. The number of piperidine rings is 1. The van der Waals surface area contributed by atoms with Crippen molar-refractivity contribution in [1.82, 2.24) is 15.3 Å². The summed E-state index contributed by atoms with van der Waals surface area (Å²) in [6, 6.07) is 8.82. The van der Waals surface area contributed by atoms with Gasteiger partial charge in [0.25, 0.3) is 0 Å². The molecule has 2 heterocycles. The zero-order valence-electron chi connectivity index (χ0n) is 12.3. The number of hydrogen-bond donors (Lipinski definition) is 2. The molecule has 1 aromatic carbocycles. The third-order valence-corrected chi connectivity index (χ3v) is 4.03. The molecule has 1 aromatic heterocycles. The van der Waals surface area contributed by atoms with E-state index in [1.807, 2.05) is 12.1 Å². The van der Waals surface area contributed by atoms with Crippen LogP contribution in [-0.2, 0) is 6.42 Å². The molecule has 1 aliphatic heterocycles. The minimum absolute atomic E-state index is 0.272. The van der Waals surface area contributed by atoms with Crippen molar-refractivity contribution in [1.29, 1.82) is 0 Å². The quantitative estimate of drug-likeness (QED) is 0.906. The molecule has 3 rings (SSSR count). The van der Waals surface area contributed by atoms with Crippen LogP contribution < -0.4 is 5.32 Å². The SMILES string of the molecule is O=C(O)c1cccc(-c2cc(C[C@H]3CCCNC3)ncn2)c1. The Balaban J connectivity index is 1.81. The van der Waals surface area contributed by atoms with E-state index in [9.17, 15) is 4.79 Å². The van der Waals surface area contributed by atoms with Crippen LogP contribution >= 0.6 is 0 Å². The fourth-order valence-corrected chi connectivity index (χ4v) is 2.87. The smallest absolute Gasteiger partial charge is 0.335 e. The number of carboxylic acids is 1. The van der Waals surface area contributed by atoms with E-state index in [0.29, 0.717) is 5.92 Å². The second-order valence-corrected chi connectivity index (χ2v) is 5.70. The van der Waals surface area contributed by atoms with Crippen molar-refractivity contribution < 1.29 is 9.90 Å². The van der Waals surface area contributed by atoms with E-state index < -0.39 is 5.97 Å².